The predicted octanol–water partition coefficient (Wildman–Crippen LogP) is -1.57. The highest BCUT2D eigenvalue weighted by Gasteiger charge is 2.27. The number of rotatable bonds is 6. The van der Waals surface area contributed by atoms with Gasteiger partial charge in [0.25, 0.3) is 0 Å². The summed E-state index contributed by atoms with van der Waals surface area (Å²) in [5, 5.41) is 14.3. The Bertz CT molecular complexity index is 313. The van der Waals surface area contributed by atoms with Crippen LogP contribution in [0.25, 0.3) is 0 Å². The second-order valence-electron chi connectivity index (χ2n) is 4.09. The smallest absolute Gasteiger partial charge is 0.326 e. The van der Waals surface area contributed by atoms with Gasteiger partial charge >= 0.3 is 5.97 Å². The first kappa shape index (κ1) is 13.4. The SMILES string of the molecule is NC(=O)CC[C@@H](NC(=O)C1CCNC1)C(=O)O. The summed E-state index contributed by atoms with van der Waals surface area (Å²) in [6, 6.07) is -1.05. The minimum atomic E-state index is -1.15. The minimum absolute atomic E-state index is 0.0244. The van der Waals surface area contributed by atoms with E-state index in [1.165, 1.54) is 0 Å². The summed E-state index contributed by atoms with van der Waals surface area (Å²) in [5.41, 5.74) is 4.94. The number of nitrogens with two attached hydrogens (primary N) is 1. The predicted molar refractivity (Wildman–Crippen MR) is 59.0 cm³/mol. The van der Waals surface area contributed by atoms with Gasteiger partial charge in [-0.25, -0.2) is 4.79 Å². The van der Waals surface area contributed by atoms with E-state index in [2.05, 4.69) is 10.6 Å². The van der Waals surface area contributed by atoms with Crippen molar-refractivity contribution in [1.29, 1.82) is 0 Å². The number of hydrogen-bond acceptors (Lipinski definition) is 4. The molecule has 0 bridgehead atoms. The normalized spacial score (nSPS) is 20.8. The van der Waals surface area contributed by atoms with Crippen molar-refractivity contribution >= 4 is 17.8 Å². The summed E-state index contributed by atoms with van der Waals surface area (Å²) in [7, 11) is 0. The number of carbonyl (C=O) groups excluding carboxylic acids is 2. The van der Waals surface area contributed by atoms with Gasteiger partial charge in [0.15, 0.2) is 0 Å². The number of carboxylic acids is 1. The van der Waals surface area contributed by atoms with Crippen LogP contribution in [0.2, 0.25) is 0 Å². The number of aliphatic carboxylic acids is 1. The van der Waals surface area contributed by atoms with Gasteiger partial charge in [-0.1, -0.05) is 0 Å². The quantitative estimate of drug-likeness (QED) is 0.449. The van der Waals surface area contributed by atoms with E-state index in [0.29, 0.717) is 13.0 Å². The third-order valence-corrected chi connectivity index (χ3v) is 2.73. The van der Waals surface area contributed by atoms with E-state index >= 15 is 0 Å². The maximum atomic E-state index is 11.7. The largest absolute Gasteiger partial charge is 0.480 e. The first-order chi connectivity index (χ1) is 8.00. The third kappa shape index (κ3) is 4.39. The average Bonchev–Trinajstić information content (AvgIpc) is 2.76. The van der Waals surface area contributed by atoms with Gasteiger partial charge in [-0.05, 0) is 19.4 Å². The molecule has 0 aromatic heterocycles. The molecule has 17 heavy (non-hydrogen) atoms. The summed E-state index contributed by atoms with van der Waals surface area (Å²) in [6.07, 6.45) is 0.671. The van der Waals surface area contributed by atoms with Crippen LogP contribution in [0, 0.1) is 5.92 Å². The number of primary amides is 1. The lowest BCUT2D eigenvalue weighted by Gasteiger charge is -2.16. The lowest BCUT2D eigenvalue weighted by atomic mass is 10.1. The molecule has 2 amide bonds. The Morgan fingerprint density at radius 3 is 2.65 bits per heavy atom. The van der Waals surface area contributed by atoms with Gasteiger partial charge in [0.05, 0.1) is 5.92 Å². The van der Waals surface area contributed by atoms with Crippen molar-refractivity contribution in [3.63, 3.8) is 0 Å². The molecule has 1 aliphatic heterocycles. The van der Waals surface area contributed by atoms with Crippen LogP contribution in [0.3, 0.4) is 0 Å². The van der Waals surface area contributed by atoms with Crippen molar-refractivity contribution in [3.05, 3.63) is 0 Å². The fourth-order valence-electron chi connectivity index (χ4n) is 1.71. The van der Waals surface area contributed by atoms with Gasteiger partial charge in [0.2, 0.25) is 11.8 Å². The maximum absolute atomic E-state index is 11.7. The van der Waals surface area contributed by atoms with Gasteiger partial charge in [-0.2, -0.15) is 0 Å². The van der Waals surface area contributed by atoms with Crippen molar-refractivity contribution in [2.75, 3.05) is 13.1 Å². The fraction of sp³-hybridized carbons (Fsp3) is 0.700. The molecule has 0 aromatic carbocycles. The molecule has 0 aliphatic carbocycles. The van der Waals surface area contributed by atoms with Gasteiger partial charge in [-0.3, -0.25) is 9.59 Å². The van der Waals surface area contributed by atoms with Crippen LogP contribution in [0.4, 0.5) is 0 Å². The molecule has 1 heterocycles. The van der Waals surface area contributed by atoms with Gasteiger partial charge in [-0.15, -0.1) is 0 Å². The van der Waals surface area contributed by atoms with E-state index in [4.69, 9.17) is 10.8 Å². The van der Waals surface area contributed by atoms with E-state index in [1.807, 2.05) is 0 Å². The Morgan fingerprint density at radius 2 is 2.18 bits per heavy atom. The first-order valence-electron chi connectivity index (χ1n) is 5.53. The van der Waals surface area contributed by atoms with Crippen LogP contribution in [0.5, 0.6) is 0 Å². The van der Waals surface area contributed by atoms with Crippen LogP contribution >= 0.6 is 0 Å². The molecule has 1 fully saturated rings. The lowest BCUT2D eigenvalue weighted by Crippen LogP contribution is -2.44. The molecular formula is C10H17N3O4. The molecule has 1 aliphatic rings. The number of nitrogens with one attached hydrogen (secondary N) is 2. The molecule has 1 unspecified atom stereocenters. The van der Waals surface area contributed by atoms with Crippen molar-refractivity contribution in [1.82, 2.24) is 10.6 Å². The van der Waals surface area contributed by atoms with E-state index in [9.17, 15) is 14.4 Å². The summed E-state index contributed by atoms with van der Waals surface area (Å²) in [5.74, 6) is -2.20. The first-order valence-corrected chi connectivity index (χ1v) is 5.53. The molecule has 7 nitrogen and oxygen atoms in total. The molecule has 5 N–H and O–H groups in total. The van der Waals surface area contributed by atoms with Crippen molar-refractivity contribution in [2.24, 2.45) is 11.7 Å². The molecular weight excluding hydrogens is 226 g/mol. The highest BCUT2D eigenvalue weighted by atomic mass is 16.4. The summed E-state index contributed by atoms with van der Waals surface area (Å²) < 4.78 is 0. The second-order valence-corrected chi connectivity index (χ2v) is 4.09. The second kappa shape index (κ2) is 6.19. The van der Waals surface area contributed by atoms with E-state index in [0.717, 1.165) is 6.54 Å². The van der Waals surface area contributed by atoms with Crippen LogP contribution in [0.1, 0.15) is 19.3 Å². The number of carbonyl (C=O) groups is 3. The van der Waals surface area contributed by atoms with Crippen LogP contribution < -0.4 is 16.4 Å². The number of carboxylic acid groups (broad SMARTS) is 1. The fourth-order valence-corrected chi connectivity index (χ4v) is 1.71. The lowest BCUT2D eigenvalue weighted by molar-refractivity contribution is -0.142. The molecule has 96 valence electrons. The minimum Gasteiger partial charge on any atom is -0.480 e. The van der Waals surface area contributed by atoms with Gasteiger partial charge in [0.1, 0.15) is 6.04 Å². The standard InChI is InChI=1S/C10H17N3O4/c11-8(14)2-1-7(10(16)17)13-9(15)6-3-4-12-5-6/h6-7,12H,1-5H2,(H2,11,14)(H,13,15)(H,16,17)/t6?,7-/m1/s1. The van der Waals surface area contributed by atoms with Crippen molar-refractivity contribution < 1.29 is 19.5 Å². The molecule has 0 aromatic rings. The molecule has 2 atom stereocenters. The average molecular weight is 243 g/mol. The van der Waals surface area contributed by atoms with Crippen LogP contribution in [-0.2, 0) is 14.4 Å². The van der Waals surface area contributed by atoms with Crippen molar-refractivity contribution in [2.45, 2.75) is 25.3 Å². The zero-order valence-corrected chi connectivity index (χ0v) is 9.44. The van der Waals surface area contributed by atoms with E-state index in [1.54, 1.807) is 0 Å². The zero-order chi connectivity index (χ0) is 12.8. The highest BCUT2D eigenvalue weighted by Crippen LogP contribution is 2.08. The Labute approximate surface area is 98.7 Å². The monoisotopic (exact) mass is 243 g/mol. The molecule has 7 heteroatoms. The summed E-state index contributed by atoms with van der Waals surface area (Å²) in [6.45, 7) is 1.32. The number of hydrogen-bond donors (Lipinski definition) is 4. The van der Waals surface area contributed by atoms with Gasteiger partial charge < -0.3 is 21.5 Å². The molecule has 0 radical (unpaired) electrons. The highest BCUT2D eigenvalue weighted by molar-refractivity contribution is 5.85. The Kier molecular flexibility index (Phi) is 4.89. The van der Waals surface area contributed by atoms with E-state index < -0.39 is 17.9 Å². The summed E-state index contributed by atoms with van der Waals surface area (Å²) in [4.78, 5) is 33.1. The maximum Gasteiger partial charge on any atom is 0.326 e. The molecule has 0 saturated carbocycles. The van der Waals surface area contributed by atoms with Crippen LogP contribution in [0.15, 0.2) is 0 Å². The third-order valence-electron chi connectivity index (χ3n) is 2.73. The van der Waals surface area contributed by atoms with Crippen molar-refractivity contribution in [3.8, 4) is 0 Å². The Balaban J connectivity index is 2.44. The molecule has 1 saturated heterocycles. The molecule has 0 spiro atoms. The topological polar surface area (TPSA) is 122 Å². The summed E-state index contributed by atoms with van der Waals surface area (Å²) >= 11 is 0. The van der Waals surface area contributed by atoms with Gasteiger partial charge in [0, 0.05) is 13.0 Å². The van der Waals surface area contributed by atoms with Crippen LogP contribution in [-0.4, -0.2) is 42.0 Å². The zero-order valence-electron chi connectivity index (χ0n) is 9.44. The Morgan fingerprint density at radius 1 is 1.47 bits per heavy atom. The molecule has 1 rings (SSSR count). The van der Waals surface area contributed by atoms with E-state index in [-0.39, 0.29) is 24.7 Å². The Hall–Kier alpha value is -1.63. The number of amides is 2.